The van der Waals surface area contributed by atoms with Crippen LogP contribution in [0.5, 0.6) is 0 Å². The van der Waals surface area contributed by atoms with Crippen molar-refractivity contribution in [3.05, 3.63) is 35.9 Å². The second-order valence-electron chi connectivity index (χ2n) is 2.08. The average Bonchev–Trinajstić information content (AvgIpc) is 2.34. The van der Waals surface area contributed by atoms with Gasteiger partial charge in [0, 0.05) is 11.6 Å². The largest absolute Gasteiger partial charge is 0.805 e. The fourth-order valence-electron chi connectivity index (χ4n) is 0.950. The lowest BCUT2D eigenvalue weighted by molar-refractivity contribution is 1.14. The van der Waals surface area contributed by atoms with Crippen LogP contribution in [0.15, 0.2) is 30.7 Å². The summed E-state index contributed by atoms with van der Waals surface area (Å²) in [5.74, 6) is 0. The van der Waals surface area contributed by atoms with Gasteiger partial charge in [0.25, 0.3) is 0 Å². The van der Waals surface area contributed by atoms with Crippen molar-refractivity contribution in [1.82, 2.24) is 9.71 Å². The lowest BCUT2D eigenvalue weighted by atomic mass is 10.3. The van der Waals surface area contributed by atoms with Gasteiger partial charge in [-0.3, -0.25) is 4.98 Å². The van der Waals surface area contributed by atoms with Crippen LogP contribution >= 0.6 is 0 Å². The first-order chi connectivity index (χ1) is 4.88. The quantitative estimate of drug-likeness (QED) is 0.544. The topological polar surface area (TPSA) is 40.9 Å². The maximum Gasteiger partial charge on any atom is 0.0619 e. The minimum Gasteiger partial charge on any atom is -0.805 e. The Bertz CT molecular complexity index is 353. The standard InChI is InChI=1S/C7H5N2O/c10-9-4-2-6-1-3-8-5-7(6)9/h1-5H/q-1. The van der Waals surface area contributed by atoms with Gasteiger partial charge in [-0.2, -0.15) is 0 Å². The van der Waals surface area contributed by atoms with Crippen molar-refractivity contribution in [2.24, 2.45) is 0 Å². The van der Waals surface area contributed by atoms with E-state index >= 15 is 0 Å². The molecule has 0 N–H and O–H groups in total. The van der Waals surface area contributed by atoms with E-state index in [4.69, 9.17) is 0 Å². The molecule has 3 heteroatoms. The molecule has 10 heavy (non-hydrogen) atoms. The smallest absolute Gasteiger partial charge is 0.0619 e. The predicted molar refractivity (Wildman–Crippen MR) is 38.5 cm³/mol. The average molecular weight is 133 g/mol. The molecule has 0 amide bonds. The van der Waals surface area contributed by atoms with Crippen LogP contribution in [0, 0.1) is 5.21 Å². The Morgan fingerprint density at radius 1 is 1.40 bits per heavy atom. The van der Waals surface area contributed by atoms with Gasteiger partial charge in [0.2, 0.25) is 0 Å². The van der Waals surface area contributed by atoms with Gasteiger partial charge < -0.3 is 9.94 Å². The van der Waals surface area contributed by atoms with E-state index < -0.39 is 0 Å². The molecule has 2 rings (SSSR count). The van der Waals surface area contributed by atoms with Crippen molar-refractivity contribution in [3.8, 4) is 0 Å². The van der Waals surface area contributed by atoms with Crippen LogP contribution in [-0.2, 0) is 0 Å². The van der Waals surface area contributed by atoms with Crippen LogP contribution in [0.25, 0.3) is 10.9 Å². The van der Waals surface area contributed by atoms with Gasteiger partial charge in [-0.1, -0.05) is 0 Å². The fourth-order valence-corrected chi connectivity index (χ4v) is 0.950. The van der Waals surface area contributed by atoms with E-state index in [0.29, 0.717) is 5.52 Å². The molecule has 50 valence electrons. The number of pyridine rings is 1. The van der Waals surface area contributed by atoms with Gasteiger partial charge in [-0.25, -0.2) is 0 Å². The van der Waals surface area contributed by atoms with Gasteiger partial charge in [0.1, 0.15) is 0 Å². The molecule has 0 aliphatic heterocycles. The summed E-state index contributed by atoms with van der Waals surface area (Å²) in [5.41, 5.74) is 0.627. The molecule has 2 aromatic heterocycles. The molecule has 0 radical (unpaired) electrons. The molecular weight excluding hydrogens is 128 g/mol. The molecule has 0 unspecified atom stereocenters. The van der Waals surface area contributed by atoms with Crippen LogP contribution in [0.2, 0.25) is 0 Å². The normalized spacial score (nSPS) is 10.4. The SMILES string of the molecule is [O-]n1ccc2ccncc21. The van der Waals surface area contributed by atoms with Crippen molar-refractivity contribution in [2.45, 2.75) is 0 Å². The first-order valence-electron chi connectivity index (χ1n) is 2.96. The Labute approximate surface area is 57.5 Å². The van der Waals surface area contributed by atoms with Crippen molar-refractivity contribution in [2.75, 3.05) is 0 Å². The molecule has 0 fully saturated rings. The Morgan fingerprint density at radius 2 is 2.30 bits per heavy atom. The van der Waals surface area contributed by atoms with Gasteiger partial charge >= 0.3 is 0 Å². The van der Waals surface area contributed by atoms with Crippen molar-refractivity contribution >= 4 is 10.9 Å². The molecule has 0 saturated heterocycles. The first-order valence-corrected chi connectivity index (χ1v) is 2.96. The molecule has 2 heterocycles. The summed E-state index contributed by atoms with van der Waals surface area (Å²) in [5, 5.41) is 11.8. The van der Waals surface area contributed by atoms with Gasteiger partial charge in [0.15, 0.2) is 0 Å². The molecule has 0 atom stereocenters. The second-order valence-corrected chi connectivity index (χ2v) is 2.08. The summed E-state index contributed by atoms with van der Waals surface area (Å²) in [6.07, 6.45) is 4.71. The highest BCUT2D eigenvalue weighted by atomic mass is 16.5. The molecule has 3 nitrogen and oxygen atoms in total. The maximum atomic E-state index is 10.9. The number of fused-ring (bicyclic) bond motifs is 1. The minimum absolute atomic E-state index is 0.627. The number of nitrogens with zero attached hydrogens (tertiary/aromatic N) is 2. The van der Waals surface area contributed by atoms with E-state index in [9.17, 15) is 5.21 Å². The van der Waals surface area contributed by atoms with Crippen LogP contribution in [0.4, 0.5) is 0 Å². The molecule has 0 aliphatic carbocycles. The zero-order valence-corrected chi connectivity index (χ0v) is 5.19. The number of aromatic nitrogens is 2. The van der Waals surface area contributed by atoms with E-state index in [1.807, 2.05) is 6.07 Å². The Hall–Kier alpha value is -1.51. The predicted octanol–water partition coefficient (Wildman–Crippen LogP) is 1.38. The van der Waals surface area contributed by atoms with Crippen LogP contribution < -0.4 is 0 Å². The molecule has 0 saturated carbocycles. The third-order valence-corrected chi connectivity index (χ3v) is 1.46. The highest BCUT2D eigenvalue weighted by Gasteiger charge is 1.90. The van der Waals surface area contributed by atoms with E-state index in [1.165, 1.54) is 6.20 Å². The molecule has 0 aromatic carbocycles. The van der Waals surface area contributed by atoms with Crippen LogP contribution in [0.3, 0.4) is 0 Å². The summed E-state index contributed by atoms with van der Waals surface area (Å²) >= 11 is 0. The zero-order chi connectivity index (χ0) is 6.97. The van der Waals surface area contributed by atoms with Crippen molar-refractivity contribution in [1.29, 1.82) is 0 Å². The third-order valence-electron chi connectivity index (χ3n) is 1.46. The summed E-state index contributed by atoms with van der Waals surface area (Å²) < 4.78 is 0.808. The van der Waals surface area contributed by atoms with E-state index in [2.05, 4.69) is 4.98 Å². The van der Waals surface area contributed by atoms with Gasteiger partial charge in [-0.15, -0.1) is 0 Å². The highest BCUT2D eigenvalue weighted by molar-refractivity contribution is 5.79. The molecule has 0 spiro atoms. The third kappa shape index (κ3) is 0.572. The van der Waals surface area contributed by atoms with Gasteiger partial charge in [0.05, 0.1) is 11.7 Å². The number of hydrogen-bond acceptors (Lipinski definition) is 2. The molecule has 2 aromatic rings. The summed E-state index contributed by atoms with van der Waals surface area (Å²) in [7, 11) is 0. The summed E-state index contributed by atoms with van der Waals surface area (Å²) in [6, 6.07) is 3.58. The lowest BCUT2D eigenvalue weighted by Crippen LogP contribution is -1.80. The molecule has 0 aliphatic rings. The van der Waals surface area contributed by atoms with Crippen LogP contribution in [0.1, 0.15) is 0 Å². The number of hydrogen-bond donors (Lipinski definition) is 0. The van der Waals surface area contributed by atoms with E-state index in [-0.39, 0.29) is 0 Å². The van der Waals surface area contributed by atoms with Crippen molar-refractivity contribution < 1.29 is 0 Å². The molecular formula is C7H5N2O-. The monoisotopic (exact) mass is 133 g/mol. The summed E-state index contributed by atoms with van der Waals surface area (Å²) in [6.45, 7) is 0. The Morgan fingerprint density at radius 3 is 3.10 bits per heavy atom. The van der Waals surface area contributed by atoms with Gasteiger partial charge in [-0.05, 0) is 18.3 Å². The number of rotatable bonds is 0. The van der Waals surface area contributed by atoms with E-state index in [1.54, 1.807) is 18.5 Å². The lowest BCUT2D eigenvalue weighted by Gasteiger charge is -2.05. The summed E-state index contributed by atoms with van der Waals surface area (Å²) in [4.78, 5) is 3.83. The van der Waals surface area contributed by atoms with E-state index in [0.717, 1.165) is 10.1 Å². The maximum absolute atomic E-state index is 10.9. The van der Waals surface area contributed by atoms with Crippen LogP contribution in [-0.4, -0.2) is 9.71 Å². The van der Waals surface area contributed by atoms with Crippen molar-refractivity contribution in [3.63, 3.8) is 0 Å². The molecule has 0 bridgehead atoms. The Kier molecular flexibility index (Phi) is 0.917. The Balaban J connectivity index is 2.93. The second kappa shape index (κ2) is 1.73. The highest BCUT2D eigenvalue weighted by Crippen LogP contribution is 2.11. The zero-order valence-electron chi connectivity index (χ0n) is 5.19. The fraction of sp³-hybridized carbons (Fsp3) is 0. The first kappa shape index (κ1) is 5.29. The minimum atomic E-state index is 0.627.